The molecule has 0 N–H and O–H groups in total. The lowest BCUT2D eigenvalue weighted by Crippen LogP contribution is -2.62. The number of ether oxygens (including phenoxy) is 1. The van der Waals surface area contributed by atoms with Gasteiger partial charge < -0.3 is 14.5 Å². The van der Waals surface area contributed by atoms with Crippen LogP contribution in [0.25, 0.3) is 10.9 Å². The van der Waals surface area contributed by atoms with Crippen LogP contribution >= 0.6 is 39.1 Å². The van der Waals surface area contributed by atoms with Crippen molar-refractivity contribution in [2.45, 2.75) is 46.6 Å². The van der Waals surface area contributed by atoms with E-state index in [4.69, 9.17) is 27.9 Å². The van der Waals surface area contributed by atoms with E-state index in [-0.39, 0.29) is 39.2 Å². The van der Waals surface area contributed by atoms with E-state index in [2.05, 4.69) is 30.8 Å². The molecule has 0 saturated carbocycles. The largest absolute Gasteiger partial charge is 0.444 e. The fraction of sp³-hybridized carbons (Fsp3) is 0.571. The van der Waals surface area contributed by atoms with Crippen LogP contribution in [0.15, 0.2) is 10.5 Å². The van der Waals surface area contributed by atoms with Crippen LogP contribution in [-0.2, 0) is 4.74 Å². The summed E-state index contributed by atoms with van der Waals surface area (Å²) in [6.45, 7) is 8.42. The molecule has 2 aliphatic rings. The first-order valence-electron chi connectivity index (χ1n) is 9.72. The van der Waals surface area contributed by atoms with Gasteiger partial charge >= 0.3 is 6.09 Å². The lowest BCUT2D eigenvalue weighted by atomic mass is 9.72. The number of hydrogen-bond acceptors (Lipinski definition) is 5. The SMILES string of the molecule is C.CC(C)(C)OC(=O)N1CC2(CCN(c3nc(Cl)nc4c(F)c(Br)c(Cl)cc34)CC2)C1. The highest BCUT2D eigenvalue weighted by atomic mass is 79.9. The number of fused-ring (bicyclic) bond motifs is 1. The molecule has 2 fully saturated rings. The van der Waals surface area contributed by atoms with Gasteiger partial charge in [-0.15, -0.1) is 0 Å². The highest BCUT2D eigenvalue weighted by Crippen LogP contribution is 2.43. The van der Waals surface area contributed by atoms with Crippen molar-refractivity contribution in [3.8, 4) is 0 Å². The molecule has 1 spiro atoms. The van der Waals surface area contributed by atoms with Crippen molar-refractivity contribution < 1.29 is 13.9 Å². The van der Waals surface area contributed by atoms with Crippen LogP contribution in [0.3, 0.4) is 0 Å². The molecule has 10 heteroatoms. The van der Waals surface area contributed by atoms with Gasteiger partial charge in [-0.2, -0.15) is 4.98 Å². The minimum atomic E-state index is -0.552. The number of likely N-dealkylation sites (tertiary alicyclic amines) is 1. The second kappa shape index (κ2) is 8.52. The molecule has 1 aromatic carbocycles. The Morgan fingerprint density at radius 2 is 1.84 bits per heavy atom. The Balaban J connectivity index is 0.00000272. The molecule has 1 aromatic heterocycles. The van der Waals surface area contributed by atoms with E-state index in [1.54, 1.807) is 11.0 Å². The van der Waals surface area contributed by atoms with Gasteiger partial charge in [0.25, 0.3) is 0 Å². The number of amides is 1. The number of piperidine rings is 1. The van der Waals surface area contributed by atoms with Crippen molar-refractivity contribution in [1.29, 1.82) is 0 Å². The van der Waals surface area contributed by atoms with Crippen LogP contribution in [0.5, 0.6) is 0 Å². The molecule has 6 nitrogen and oxygen atoms in total. The molecule has 3 heterocycles. The van der Waals surface area contributed by atoms with Crippen molar-refractivity contribution in [2.75, 3.05) is 31.1 Å². The topological polar surface area (TPSA) is 58.6 Å². The van der Waals surface area contributed by atoms with Crippen LogP contribution in [0.2, 0.25) is 10.3 Å². The zero-order valence-electron chi connectivity index (χ0n) is 16.9. The zero-order chi connectivity index (χ0) is 21.8. The second-order valence-corrected chi connectivity index (χ2v) is 10.6. The molecule has 31 heavy (non-hydrogen) atoms. The van der Waals surface area contributed by atoms with Crippen molar-refractivity contribution in [3.63, 3.8) is 0 Å². The average molecular weight is 536 g/mol. The number of carbonyl (C=O) groups excluding carboxylic acids is 1. The summed E-state index contributed by atoms with van der Waals surface area (Å²) in [4.78, 5) is 24.5. The fourth-order valence-electron chi connectivity index (χ4n) is 4.10. The molecular weight excluding hydrogens is 510 g/mol. The van der Waals surface area contributed by atoms with Crippen LogP contribution in [0, 0.1) is 11.2 Å². The van der Waals surface area contributed by atoms with Gasteiger partial charge in [-0.3, -0.25) is 0 Å². The third-order valence-corrected chi connectivity index (χ3v) is 7.08. The molecule has 0 aliphatic carbocycles. The summed E-state index contributed by atoms with van der Waals surface area (Å²) in [5, 5.41) is 0.781. The number of aromatic nitrogens is 2. The third kappa shape index (κ3) is 4.71. The number of rotatable bonds is 1. The van der Waals surface area contributed by atoms with Crippen LogP contribution in [-0.4, -0.2) is 52.7 Å². The maximum Gasteiger partial charge on any atom is 0.410 e. The first-order chi connectivity index (χ1) is 14.0. The summed E-state index contributed by atoms with van der Waals surface area (Å²) in [7, 11) is 0. The predicted octanol–water partition coefficient (Wildman–Crippen LogP) is 6.31. The fourth-order valence-corrected chi connectivity index (χ4v) is 4.76. The molecule has 1 amide bonds. The first-order valence-corrected chi connectivity index (χ1v) is 11.3. The lowest BCUT2D eigenvalue weighted by Gasteiger charge is -2.53. The third-order valence-electron chi connectivity index (χ3n) is 5.61. The molecule has 0 radical (unpaired) electrons. The Hall–Kier alpha value is -1.38. The van der Waals surface area contributed by atoms with Crippen LogP contribution in [0.1, 0.15) is 41.0 Å². The van der Waals surface area contributed by atoms with Crippen molar-refractivity contribution in [3.05, 3.63) is 26.7 Å². The molecule has 2 aliphatic heterocycles. The summed E-state index contributed by atoms with van der Waals surface area (Å²) in [5.74, 6) is 0.0278. The minimum absolute atomic E-state index is 0. The van der Waals surface area contributed by atoms with Gasteiger partial charge in [0.2, 0.25) is 5.28 Å². The normalized spacial score (nSPS) is 18.0. The summed E-state index contributed by atoms with van der Waals surface area (Å²) >= 11 is 15.4. The first kappa shape index (κ1) is 24.3. The molecule has 0 bridgehead atoms. The highest BCUT2D eigenvalue weighted by Gasteiger charge is 2.48. The summed E-state index contributed by atoms with van der Waals surface area (Å²) in [5.41, 5.74) is -0.269. The van der Waals surface area contributed by atoms with Gasteiger partial charge in [0, 0.05) is 37.0 Å². The maximum atomic E-state index is 14.7. The van der Waals surface area contributed by atoms with Gasteiger partial charge in [0.1, 0.15) is 16.9 Å². The number of carbonyl (C=O) groups is 1. The number of halogens is 4. The summed E-state index contributed by atoms with van der Waals surface area (Å²) in [6, 6.07) is 1.66. The Kier molecular flexibility index (Phi) is 6.67. The molecular formula is C21H26BrCl2FN4O2. The van der Waals surface area contributed by atoms with E-state index in [9.17, 15) is 9.18 Å². The van der Waals surface area contributed by atoms with Gasteiger partial charge in [-0.1, -0.05) is 19.0 Å². The van der Waals surface area contributed by atoms with Crippen molar-refractivity contribution in [2.24, 2.45) is 5.41 Å². The van der Waals surface area contributed by atoms with E-state index in [1.807, 2.05) is 20.8 Å². The lowest BCUT2D eigenvalue weighted by molar-refractivity contribution is -0.0434. The average Bonchev–Trinajstić information content (AvgIpc) is 2.63. The van der Waals surface area contributed by atoms with E-state index >= 15 is 0 Å². The Labute approximate surface area is 200 Å². The Bertz CT molecular complexity index is 1010. The van der Waals surface area contributed by atoms with E-state index in [0.29, 0.717) is 24.3 Å². The molecule has 4 rings (SSSR count). The zero-order valence-corrected chi connectivity index (χ0v) is 20.0. The quantitative estimate of drug-likeness (QED) is 0.316. The highest BCUT2D eigenvalue weighted by molar-refractivity contribution is 9.10. The van der Waals surface area contributed by atoms with E-state index in [0.717, 1.165) is 25.9 Å². The van der Waals surface area contributed by atoms with Gasteiger partial charge in [0.05, 0.1) is 9.50 Å². The Morgan fingerprint density at radius 3 is 2.42 bits per heavy atom. The standard InChI is InChI=1S/C20H22BrCl2FN4O2.CH4/c1-19(2,3)30-18(29)28-9-20(10-28)4-6-27(7-5-20)16-11-8-12(22)13(21)14(24)15(11)25-17(23)26-16;/h8H,4-7,9-10H2,1-3H3;1H4. The smallest absolute Gasteiger partial charge is 0.410 e. The molecule has 0 unspecified atom stereocenters. The number of hydrogen-bond donors (Lipinski definition) is 0. The second-order valence-electron chi connectivity index (χ2n) is 9.02. The van der Waals surface area contributed by atoms with Crippen LogP contribution in [0.4, 0.5) is 15.0 Å². The molecule has 2 aromatic rings. The van der Waals surface area contributed by atoms with Crippen molar-refractivity contribution >= 4 is 61.9 Å². The number of anilines is 1. The molecule has 2 saturated heterocycles. The number of benzene rings is 1. The number of nitrogens with zero attached hydrogens (tertiary/aromatic N) is 4. The van der Waals surface area contributed by atoms with Crippen LogP contribution < -0.4 is 4.90 Å². The Morgan fingerprint density at radius 1 is 1.23 bits per heavy atom. The molecule has 170 valence electrons. The minimum Gasteiger partial charge on any atom is -0.444 e. The van der Waals surface area contributed by atoms with E-state index < -0.39 is 11.4 Å². The van der Waals surface area contributed by atoms with Gasteiger partial charge in [0.15, 0.2) is 5.82 Å². The predicted molar refractivity (Wildman–Crippen MR) is 126 cm³/mol. The maximum absolute atomic E-state index is 14.7. The van der Waals surface area contributed by atoms with Crippen molar-refractivity contribution in [1.82, 2.24) is 14.9 Å². The van der Waals surface area contributed by atoms with Gasteiger partial charge in [-0.25, -0.2) is 14.2 Å². The monoisotopic (exact) mass is 534 g/mol. The van der Waals surface area contributed by atoms with Gasteiger partial charge in [-0.05, 0) is 67.2 Å². The summed E-state index contributed by atoms with van der Waals surface area (Å²) in [6.07, 6.45) is 1.52. The van der Waals surface area contributed by atoms with E-state index in [1.165, 1.54) is 0 Å². The summed E-state index contributed by atoms with van der Waals surface area (Å²) < 4.78 is 20.3. The molecule has 0 atom stereocenters.